The Morgan fingerprint density at radius 3 is 2.00 bits per heavy atom. The Balaban J connectivity index is 2.74. The SMILES string of the molecule is CCC(CC)N(CC(C)C)CC(N)c1ccc(C)cc1. The average molecular weight is 276 g/mol. The van der Waals surface area contributed by atoms with Gasteiger partial charge in [0, 0.05) is 25.2 Å². The topological polar surface area (TPSA) is 29.3 Å². The van der Waals surface area contributed by atoms with Crippen molar-refractivity contribution >= 4 is 0 Å². The van der Waals surface area contributed by atoms with Gasteiger partial charge in [-0.05, 0) is 31.2 Å². The van der Waals surface area contributed by atoms with E-state index in [0.717, 1.165) is 13.1 Å². The van der Waals surface area contributed by atoms with E-state index < -0.39 is 0 Å². The van der Waals surface area contributed by atoms with Crippen LogP contribution < -0.4 is 5.73 Å². The maximum absolute atomic E-state index is 6.43. The maximum Gasteiger partial charge on any atom is 0.0424 e. The van der Waals surface area contributed by atoms with Gasteiger partial charge in [0.05, 0.1) is 0 Å². The molecule has 0 radical (unpaired) electrons. The van der Waals surface area contributed by atoms with Gasteiger partial charge < -0.3 is 5.73 Å². The fourth-order valence-electron chi connectivity index (χ4n) is 2.82. The predicted octanol–water partition coefficient (Wildman–Crippen LogP) is 4.14. The summed E-state index contributed by atoms with van der Waals surface area (Å²) in [6.45, 7) is 13.3. The van der Waals surface area contributed by atoms with Crippen LogP contribution in [-0.2, 0) is 0 Å². The number of benzene rings is 1. The fourth-order valence-corrected chi connectivity index (χ4v) is 2.82. The second kappa shape index (κ2) is 8.43. The van der Waals surface area contributed by atoms with Crippen LogP contribution in [0, 0.1) is 12.8 Å². The Kier molecular flexibility index (Phi) is 7.25. The summed E-state index contributed by atoms with van der Waals surface area (Å²) in [5, 5.41) is 0. The average Bonchev–Trinajstić information content (AvgIpc) is 2.40. The third-order valence-electron chi connectivity index (χ3n) is 4.00. The van der Waals surface area contributed by atoms with E-state index in [1.165, 1.54) is 24.0 Å². The first-order chi connectivity index (χ1) is 9.47. The molecule has 0 bridgehead atoms. The summed E-state index contributed by atoms with van der Waals surface area (Å²) < 4.78 is 0. The Morgan fingerprint density at radius 1 is 1.00 bits per heavy atom. The molecule has 0 saturated carbocycles. The van der Waals surface area contributed by atoms with Gasteiger partial charge in [-0.2, -0.15) is 0 Å². The van der Waals surface area contributed by atoms with Crippen molar-refractivity contribution in [2.75, 3.05) is 13.1 Å². The van der Waals surface area contributed by atoms with Gasteiger partial charge >= 0.3 is 0 Å². The van der Waals surface area contributed by atoms with Gasteiger partial charge in [0.1, 0.15) is 0 Å². The number of hydrogen-bond donors (Lipinski definition) is 1. The van der Waals surface area contributed by atoms with Crippen LogP contribution in [0.2, 0.25) is 0 Å². The highest BCUT2D eigenvalue weighted by Gasteiger charge is 2.19. The summed E-state index contributed by atoms with van der Waals surface area (Å²) in [5.41, 5.74) is 8.96. The van der Waals surface area contributed by atoms with E-state index >= 15 is 0 Å². The molecule has 0 spiro atoms. The monoisotopic (exact) mass is 276 g/mol. The van der Waals surface area contributed by atoms with Crippen LogP contribution in [0.1, 0.15) is 57.7 Å². The summed E-state index contributed by atoms with van der Waals surface area (Å²) >= 11 is 0. The van der Waals surface area contributed by atoms with Gasteiger partial charge in [-0.15, -0.1) is 0 Å². The number of aryl methyl sites for hydroxylation is 1. The van der Waals surface area contributed by atoms with Gasteiger partial charge in [-0.25, -0.2) is 0 Å². The van der Waals surface area contributed by atoms with E-state index in [-0.39, 0.29) is 6.04 Å². The van der Waals surface area contributed by atoms with Crippen LogP contribution in [0.3, 0.4) is 0 Å². The van der Waals surface area contributed by atoms with Crippen molar-refractivity contribution in [3.05, 3.63) is 35.4 Å². The lowest BCUT2D eigenvalue weighted by Crippen LogP contribution is -2.41. The van der Waals surface area contributed by atoms with Crippen molar-refractivity contribution in [3.63, 3.8) is 0 Å². The van der Waals surface area contributed by atoms with Gasteiger partial charge in [-0.3, -0.25) is 4.90 Å². The van der Waals surface area contributed by atoms with Gasteiger partial charge in [0.2, 0.25) is 0 Å². The van der Waals surface area contributed by atoms with Crippen LogP contribution in [0.5, 0.6) is 0 Å². The van der Waals surface area contributed by atoms with Crippen LogP contribution in [0.25, 0.3) is 0 Å². The third kappa shape index (κ3) is 5.26. The Hall–Kier alpha value is -0.860. The summed E-state index contributed by atoms with van der Waals surface area (Å²) in [5.74, 6) is 0.681. The number of nitrogens with two attached hydrogens (primary N) is 1. The Morgan fingerprint density at radius 2 is 1.55 bits per heavy atom. The molecule has 1 rings (SSSR count). The number of nitrogens with zero attached hydrogens (tertiary/aromatic N) is 1. The minimum atomic E-state index is 0.106. The van der Waals surface area contributed by atoms with Crippen molar-refractivity contribution in [3.8, 4) is 0 Å². The highest BCUT2D eigenvalue weighted by atomic mass is 15.2. The molecule has 2 nitrogen and oxygen atoms in total. The summed E-state index contributed by atoms with van der Waals surface area (Å²) in [6, 6.07) is 9.39. The molecule has 0 aromatic heterocycles. The smallest absolute Gasteiger partial charge is 0.0424 e. The zero-order valence-corrected chi connectivity index (χ0v) is 13.9. The van der Waals surface area contributed by atoms with Crippen LogP contribution in [0.15, 0.2) is 24.3 Å². The van der Waals surface area contributed by atoms with Gasteiger partial charge in [-0.1, -0.05) is 57.5 Å². The molecule has 2 heteroatoms. The first kappa shape index (κ1) is 17.2. The molecular weight excluding hydrogens is 244 g/mol. The van der Waals surface area contributed by atoms with Gasteiger partial charge in [0.25, 0.3) is 0 Å². The lowest BCUT2D eigenvalue weighted by molar-refractivity contribution is 0.156. The van der Waals surface area contributed by atoms with Crippen molar-refractivity contribution in [2.45, 2.75) is 59.5 Å². The highest BCUT2D eigenvalue weighted by Crippen LogP contribution is 2.18. The van der Waals surface area contributed by atoms with Crippen molar-refractivity contribution in [2.24, 2.45) is 11.7 Å². The normalized spacial score (nSPS) is 13.4. The number of rotatable bonds is 8. The second-order valence-electron chi connectivity index (χ2n) is 6.34. The molecule has 0 aliphatic heterocycles. The van der Waals surface area contributed by atoms with E-state index in [0.29, 0.717) is 12.0 Å². The quantitative estimate of drug-likeness (QED) is 0.773. The highest BCUT2D eigenvalue weighted by molar-refractivity contribution is 5.24. The molecule has 1 unspecified atom stereocenters. The van der Waals surface area contributed by atoms with Crippen LogP contribution in [-0.4, -0.2) is 24.0 Å². The molecule has 0 saturated heterocycles. The molecule has 2 N–H and O–H groups in total. The molecule has 0 aliphatic rings. The van der Waals surface area contributed by atoms with Crippen LogP contribution >= 0.6 is 0 Å². The van der Waals surface area contributed by atoms with E-state index in [1.54, 1.807) is 0 Å². The largest absolute Gasteiger partial charge is 0.323 e. The second-order valence-corrected chi connectivity index (χ2v) is 6.34. The van der Waals surface area contributed by atoms with E-state index in [4.69, 9.17) is 5.73 Å². The minimum Gasteiger partial charge on any atom is -0.323 e. The first-order valence-electron chi connectivity index (χ1n) is 8.04. The Labute approximate surface area is 125 Å². The molecule has 20 heavy (non-hydrogen) atoms. The Bertz CT molecular complexity index is 366. The minimum absolute atomic E-state index is 0.106. The standard InChI is InChI=1S/C18H32N2/c1-6-17(7-2)20(12-14(3)4)13-18(19)16-10-8-15(5)9-11-16/h8-11,14,17-18H,6-7,12-13,19H2,1-5H3. The molecule has 0 amide bonds. The maximum atomic E-state index is 6.43. The molecule has 1 aromatic carbocycles. The molecule has 1 atom stereocenters. The predicted molar refractivity (Wildman–Crippen MR) is 88.9 cm³/mol. The van der Waals surface area contributed by atoms with Crippen LogP contribution in [0.4, 0.5) is 0 Å². The third-order valence-corrected chi connectivity index (χ3v) is 4.00. The van der Waals surface area contributed by atoms with Crippen molar-refractivity contribution < 1.29 is 0 Å². The van der Waals surface area contributed by atoms with Crippen molar-refractivity contribution in [1.82, 2.24) is 4.90 Å². The van der Waals surface area contributed by atoms with E-state index in [2.05, 4.69) is 63.8 Å². The van der Waals surface area contributed by atoms with E-state index in [9.17, 15) is 0 Å². The van der Waals surface area contributed by atoms with Crippen molar-refractivity contribution in [1.29, 1.82) is 0 Å². The zero-order valence-electron chi connectivity index (χ0n) is 13.9. The molecule has 0 heterocycles. The van der Waals surface area contributed by atoms with Gasteiger partial charge in [0.15, 0.2) is 0 Å². The lowest BCUT2D eigenvalue weighted by Gasteiger charge is -2.34. The molecular formula is C18H32N2. The van der Waals surface area contributed by atoms with E-state index in [1.807, 2.05) is 0 Å². The summed E-state index contributed by atoms with van der Waals surface area (Å²) in [4.78, 5) is 2.58. The lowest BCUT2D eigenvalue weighted by atomic mass is 10.0. The zero-order chi connectivity index (χ0) is 15.1. The molecule has 114 valence electrons. The first-order valence-corrected chi connectivity index (χ1v) is 8.04. The fraction of sp³-hybridized carbons (Fsp3) is 0.667. The molecule has 1 aromatic rings. The number of hydrogen-bond acceptors (Lipinski definition) is 2. The summed E-state index contributed by atoms with van der Waals surface area (Å²) in [7, 11) is 0. The molecule has 0 aliphatic carbocycles. The summed E-state index contributed by atoms with van der Waals surface area (Å²) in [6.07, 6.45) is 2.40. The molecule has 0 fully saturated rings.